The molecular formula is C6H16NO3S+. The van der Waals surface area contributed by atoms with Gasteiger partial charge in [0.1, 0.15) is 6.61 Å². The number of rotatable bonds is 7. The van der Waals surface area contributed by atoms with Crippen LogP contribution in [0.4, 0.5) is 0 Å². The van der Waals surface area contributed by atoms with Crippen molar-refractivity contribution in [2.24, 2.45) is 5.73 Å². The molecule has 0 saturated heterocycles. The van der Waals surface area contributed by atoms with Gasteiger partial charge in [0.2, 0.25) is 0 Å². The van der Waals surface area contributed by atoms with Crippen LogP contribution >= 0.6 is 0 Å². The second kappa shape index (κ2) is 8.29. The molecule has 68 valence electrons. The summed E-state index contributed by atoms with van der Waals surface area (Å²) in [6.45, 7) is 1.35. The van der Waals surface area contributed by atoms with E-state index in [-0.39, 0.29) is 0 Å². The summed E-state index contributed by atoms with van der Waals surface area (Å²) in [7, 11) is 3.10. The predicted molar refractivity (Wildman–Crippen MR) is 45.6 cm³/mol. The first kappa shape index (κ1) is 11.2. The van der Waals surface area contributed by atoms with Gasteiger partial charge in [-0.2, -0.15) is 0 Å². The molecule has 0 unspecified atom stereocenters. The normalized spacial score (nSPS) is 10.9. The monoisotopic (exact) mass is 182 g/mol. The van der Waals surface area contributed by atoms with E-state index in [0.717, 1.165) is 12.8 Å². The van der Waals surface area contributed by atoms with Crippen LogP contribution in [0.25, 0.3) is 0 Å². The first-order valence-electron chi connectivity index (χ1n) is 3.51. The van der Waals surface area contributed by atoms with Gasteiger partial charge in [-0.05, 0) is 19.4 Å². The fourth-order valence-corrected chi connectivity index (χ4v) is 1.12. The lowest BCUT2D eigenvalue weighted by Crippen LogP contribution is -2.12. The zero-order valence-corrected chi connectivity index (χ0v) is 7.86. The summed E-state index contributed by atoms with van der Waals surface area (Å²) in [5.74, 6) is 0. The Bertz CT molecular complexity index is 80.2. The average molecular weight is 182 g/mol. The Morgan fingerprint density at radius 2 is 1.82 bits per heavy atom. The Balaban J connectivity index is 3.07. The van der Waals surface area contributed by atoms with Crippen LogP contribution in [0.15, 0.2) is 0 Å². The maximum absolute atomic E-state index is 5.29. The van der Waals surface area contributed by atoms with Crippen LogP contribution in [0.1, 0.15) is 12.8 Å². The van der Waals surface area contributed by atoms with E-state index in [4.69, 9.17) is 18.3 Å². The van der Waals surface area contributed by atoms with E-state index < -0.39 is 11.7 Å². The molecule has 2 N–H and O–H groups in total. The third-order valence-corrected chi connectivity index (χ3v) is 1.95. The van der Waals surface area contributed by atoms with Crippen LogP contribution in [-0.2, 0) is 24.3 Å². The van der Waals surface area contributed by atoms with Crippen LogP contribution in [0, 0.1) is 0 Å². The molecule has 4 nitrogen and oxygen atoms in total. The second-order valence-electron chi connectivity index (χ2n) is 1.86. The molecule has 0 heterocycles. The first-order valence-corrected chi connectivity index (χ1v) is 4.51. The van der Waals surface area contributed by atoms with Crippen LogP contribution in [-0.4, -0.2) is 27.4 Å². The Labute approximate surface area is 71.0 Å². The zero-order valence-electron chi connectivity index (χ0n) is 7.04. The predicted octanol–water partition coefficient (Wildman–Crippen LogP) is 0.398. The smallest absolute Gasteiger partial charge is 0.330 e. The van der Waals surface area contributed by atoms with E-state index in [0.29, 0.717) is 13.2 Å². The van der Waals surface area contributed by atoms with E-state index in [1.54, 1.807) is 14.2 Å². The summed E-state index contributed by atoms with van der Waals surface area (Å²) in [6.07, 6.45) is 1.93. The van der Waals surface area contributed by atoms with E-state index in [1.807, 2.05) is 0 Å². The molecule has 0 rings (SSSR count). The zero-order chi connectivity index (χ0) is 8.53. The molecule has 0 aliphatic heterocycles. The van der Waals surface area contributed by atoms with E-state index >= 15 is 0 Å². The summed E-state index contributed by atoms with van der Waals surface area (Å²) in [5.41, 5.74) is 5.29. The minimum absolute atomic E-state index is 0.641. The molecule has 0 aromatic carbocycles. The minimum Gasteiger partial charge on any atom is -0.330 e. The summed E-state index contributed by atoms with van der Waals surface area (Å²) in [4.78, 5) is 0. The van der Waals surface area contributed by atoms with Crippen molar-refractivity contribution in [2.75, 3.05) is 27.4 Å². The van der Waals surface area contributed by atoms with Gasteiger partial charge in [0.05, 0.1) is 14.2 Å². The molecular weight excluding hydrogens is 166 g/mol. The first-order chi connectivity index (χ1) is 5.35. The molecule has 0 bridgehead atoms. The number of unbranched alkanes of at least 4 members (excludes halogenated alkanes) is 1. The van der Waals surface area contributed by atoms with E-state index in [9.17, 15) is 0 Å². The lowest BCUT2D eigenvalue weighted by molar-refractivity contribution is 0.224. The Morgan fingerprint density at radius 1 is 1.18 bits per heavy atom. The van der Waals surface area contributed by atoms with Crippen molar-refractivity contribution in [2.45, 2.75) is 12.8 Å². The molecule has 0 aliphatic carbocycles. The molecule has 0 aliphatic rings. The van der Waals surface area contributed by atoms with Gasteiger partial charge in [0.15, 0.2) is 0 Å². The topological polar surface area (TPSA) is 53.7 Å². The summed E-state index contributed by atoms with van der Waals surface area (Å²) in [5, 5.41) is 0. The summed E-state index contributed by atoms with van der Waals surface area (Å²) in [6, 6.07) is 0. The van der Waals surface area contributed by atoms with Crippen molar-refractivity contribution in [1.29, 1.82) is 0 Å². The molecule has 0 aromatic heterocycles. The molecule has 0 aromatic rings. The van der Waals surface area contributed by atoms with Crippen molar-refractivity contribution >= 4 is 11.7 Å². The Morgan fingerprint density at radius 3 is 2.27 bits per heavy atom. The van der Waals surface area contributed by atoms with Gasteiger partial charge in [-0.3, -0.25) is 0 Å². The van der Waals surface area contributed by atoms with Gasteiger partial charge >= 0.3 is 11.7 Å². The van der Waals surface area contributed by atoms with Gasteiger partial charge in [-0.25, -0.2) is 0 Å². The lowest BCUT2D eigenvalue weighted by Gasteiger charge is -1.96. The molecule has 0 amide bonds. The summed E-state index contributed by atoms with van der Waals surface area (Å²) >= 11 is -0.783. The fourth-order valence-electron chi connectivity index (χ4n) is 0.538. The maximum Gasteiger partial charge on any atom is 0.507 e. The molecule has 11 heavy (non-hydrogen) atoms. The van der Waals surface area contributed by atoms with Crippen molar-refractivity contribution in [1.82, 2.24) is 0 Å². The number of hydrogen-bond donors (Lipinski definition) is 1. The van der Waals surface area contributed by atoms with E-state index in [1.165, 1.54) is 0 Å². The SMILES string of the molecule is CO[S+](OC)OCCCCN. The second-order valence-corrected chi connectivity index (χ2v) is 3.17. The maximum atomic E-state index is 5.29. The average Bonchev–Trinajstić information content (AvgIpc) is 2.05. The van der Waals surface area contributed by atoms with Crippen LogP contribution in [0.2, 0.25) is 0 Å². The Hall–Kier alpha value is 0.190. The molecule has 5 heteroatoms. The van der Waals surface area contributed by atoms with Gasteiger partial charge in [0.25, 0.3) is 0 Å². The van der Waals surface area contributed by atoms with E-state index in [2.05, 4.69) is 0 Å². The lowest BCUT2D eigenvalue weighted by atomic mass is 10.3. The third-order valence-electron chi connectivity index (χ3n) is 1.05. The molecule has 0 spiro atoms. The highest BCUT2D eigenvalue weighted by Gasteiger charge is 2.21. The quantitative estimate of drug-likeness (QED) is 0.457. The summed E-state index contributed by atoms with van der Waals surface area (Å²) < 4.78 is 14.8. The minimum atomic E-state index is -0.783. The standard InChI is InChI=1S/C6H16NO3S/c1-8-11(9-2)10-6-4-3-5-7/h3-7H2,1-2H3/q+1. The van der Waals surface area contributed by atoms with Crippen LogP contribution in [0.3, 0.4) is 0 Å². The molecule has 0 fully saturated rings. The largest absolute Gasteiger partial charge is 0.507 e. The molecule has 0 atom stereocenters. The van der Waals surface area contributed by atoms with Crippen molar-refractivity contribution in [3.8, 4) is 0 Å². The highest BCUT2D eigenvalue weighted by atomic mass is 32.3. The van der Waals surface area contributed by atoms with Crippen LogP contribution < -0.4 is 5.73 Å². The number of hydrogen-bond acceptors (Lipinski definition) is 4. The van der Waals surface area contributed by atoms with Crippen molar-refractivity contribution in [3.63, 3.8) is 0 Å². The highest BCUT2D eigenvalue weighted by molar-refractivity contribution is 7.82. The van der Waals surface area contributed by atoms with Crippen molar-refractivity contribution < 1.29 is 12.5 Å². The highest BCUT2D eigenvalue weighted by Crippen LogP contribution is 2.01. The Kier molecular flexibility index (Phi) is 8.43. The van der Waals surface area contributed by atoms with Gasteiger partial charge in [-0.15, -0.1) is 12.5 Å². The molecule has 0 saturated carbocycles. The number of nitrogens with two attached hydrogens (primary N) is 1. The van der Waals surface area contributed by atoms with Gasteiger partial charge < -0.3 is 5.73 Å². The third kappa shape index (κ3) is 6.58. The van der Waals surface area contributed by atoms with Gasteiger partial charge in [-0.1, -0.05) is 0 Å². The fraction of sp³-hybridized carbons (Fsp3) is 1.00. The molecule has 0 radical (unpaired) electrons. The van der Waals surface area contributed by atoms with Gasteiger partial charge in [0, 0.05) is 0 Å². The van der Waals surface area contributed by atoms with Crippen LogP contribution in [0.5, 0.6) is 0 Å². The van der Waals surface area contributed by atoms with Crippen molar-refractivity contribution in [3.05, 3.63) is 0 Å².